The fourth-order valence-electron chi connectivity index (χ4n) is 2.85. The molecule has 0 aromatic carbocycles. The van der Waals surface area contributed by atoms with Gasteiger partial charge in [-0.1, -0.05) is 0 Å². The lowest BCUT2D eigenvalue weighted by atomic mass is 10.2. The molecular formula is C13H19BrN4. The molecule has 3 heterocycles. The van der Waals surface area contributed by atoms with E-state index < -0.39 is 0 Å². The molecule has 0 saturated carbocycles. The average Bonchev–Trinajstić information content (AvgIpc) is 2.90. The zero-order valence-corrected chi connectivity index (χ0v) is 12.1. The van der Waals surface area contributed by atoms with E-state index in [-0.39, 0.29) is 0 Å². The number of piperazine rings is 1. The van der Waals surface area contributed by atoms with E-state index >= 15 is 0 Å². The van der Waals surface area contributed by atoms with Gasteiger partial charge in [-0.3, -0.25) is 4.90 Å². The molecule has 0 bridgehead atoms. The van der Waals surface area contributed by atoms with Crippen molar-refractivity contribution in [1.82, 2.24) is 15.2 Å². The molecule has 1 atom stereocenters. The summed E-state index contributed by atoms with van der Waals surface area (Å²) in [5.74, 6) is 1.11. The molecule has 2 aliphatic heterocycles. The molecule has 18 heavy (non-hydrogen) atoms. The summed E-state index contributed by atoms with van der Waals surface area (Å²) in [5.41, 5.74) is 0. The second-order valence-electron chi connectivity index (χ2n) is 5.01. The first-order chi connectivity index (χ1) is 8.83. The minimum absolute atomic E-state index is 0.706. The highest BCUT2D eigenvalue weighted by atomic mass is 79.9. The maximum atomic E-state index is 4.49. The van der Waals surface area contributed by atoms with E-state index in [4.69, 9.17) is 0 Å². The van der Waals surface area contributed by atoms with E-state index in [1.165, 1.54) is 19.5 Å². The van der Waals surface area contributed by atoms with Gasteiger partial charge >= 0.3 is 0 Å². The molecule has 4 nitrogen and oxygen atoms in total. The maximum absolute atomic E-state index is 4.49. The van der Waals surface area contributed by atoms with Crippen molar-refractivity contribution in [3.05, 3.63) is 22.8 Å². The molecule has 0 amide bonds. The molecule has 0 spiro atoms. The van der Waals surface area contributed by atoms with Crippen LogP contribution in [-0.4, -0.2) is 55.2 Å². The Balaban J connectivity index is 1.62. The number of hydrogen-bond acceptors (Lipinski definition) is 4. The first kappa shape index (κ1) is 12.4. The molecule has 5 heteroatoms. The molecule has 1 N–H and O–H groups in total. The molecule has 0 radical (unpaired) electrons. The van der Waals surface area contributed by atoms with Crippen LogP contribution in [0.5, 0.6) is 0 Å². The summed E-state index contributed by atoms with van der Waals surface area (Å²) in [6.07, 6.45) is 3.14. The van der Waals surface area contributed by atoms with Gasteiger partial charge in [0.25, 0.3) is 0 Å². The van der Waals surface area contributed by atoms with E-state index in [0.717, 1.165) is 36.5 Å². The lowest BCUT2D eigenvalue weighted by Gasteiger charge is -2.32. The summed E-state index contributed by atoms with van der Waals surface area (Å²) >= 11 is 3.43. The van der Waals surface area contributed by atoms with Crippen LogP contribution in [0, 0.1) is 0 Å². The summed E-state index contributed by atoms with van der Waals surface area (Å²) in [5, 5.41) is 3.41. The van der Waals surface area contributed by atoms with E-state index in [9.17, 15) is 0 Å². The van der Waals surface area contributed by atoms with Gasteiger partial charge in [0.2, 0.25) is 0 Å². The van der Waals surface area contributed by atoms with E-state index in [0.29, 0.717) is 6.04 Å². The third kappa shape index (κ3) is 2.68. The Hall–Kier alpha value is -0.650. The number of hydrogen-bond donors (Lipinski definition) is 1. The summed E-state index contributed by atoms with van der Waals surface area (Å²) in [6, 6.07) is 4.88. The Bertz CT molecular complexity index is 388. The van der Waals surface area contributed by atoms with Gasteiger partial charge in [0, 0.05) is 56.0 Å². The molecular weight excluding hydrogens is 292 g/mol. The van der Waals surface area contributed by atoms with Crippen LogP contribution in [0.25, 0.3) is 0 Å². The largest absolute Gasteiger partial charge is 0.355 e. The zero-order chi connectivity index (χ0) is 12.4. The van der Waals surface area contributed by atoms with Crippen molar-refractivity contribution in [3.8, 4) is 0 Å². The number of halogens is 1. The maximum Gasteiger partial charge on any atom is 0.128 e. The third-order valence-electron chi connectivity index (χ3n) is 3.87. The number of pyridine rings is 1. The molecule has 3 rings (SSSR count). The monoisotopic (exact) mass is 310 g/mol. The standard InChI is InChI=1S/C13H19BrN4/c14-11-1-2-13(16-9-11)18-6-3-12(10-18)17-7-4-15-5-8-17/h1-2,9,12,15H,3-8,10H2. The Morgan fingerprint density at radius 1 is 1.22 bits per heavy atom. The van der Waals surface area contributed by atoms with Crippen LogP contribution in [0.15, 0.2) is 22.8 Å². The second kappa shape index (κ2) is 5.55. The van der Waals surface area contributed by atoms with Gasteiger partial charge in [-0.05, 0) is 34.5 Å². The van der Waals surface area contributed by atoms with Crippen LogP contribution in [0.2, 0.25) is 0 Å². The molecule has 1 unspecified atom stereocenters. The van der Waals surface area contributed by atoms with Crippen molar-refractivity contribution < 1.29 is 0 Å². The van der Waals surface area contributed by atoms with E-state index in [1.807, 2.05) is 6.20 Å². The van der Waals surface area contributed by atoms with Crippen LogP contribution in [-0.2, 0) is 0 Å². The Kier molecular flexibility index (Phi) is 3.82. The van der Waals surface area contributed by atoms with Crippen LogP contribution in [0.4, 0.5) is 5.82 Å². The van der Waals surface area contributed by atoms with Crippen LogP contribution in [0.1, 0.15) is 6.42 Å². The van der Waals surface area contributed by atoms with Crippen LogP contribution in [0.3, 0.4) is 0 Å². The molecule has 1 aromatic heterocycles. The van der Waals surface area contributed by atoms with Crippen molar-refractivity contribution in [2.45, 2.75) is 12.5 Å². The smallest absolute Gasteiger partial charge is 0.128 e. The van der Waals surface area contributed by atoms with Crippen molar-refractivity contribution in [3.63, 3.8) is 0 Å². The number of aromatic nitrogens is 1. The highest BCUT2D eigenvalue weighted by molar-refractivity contribution is 9.10. The van der Waals surface area contributed by atoms with Crippen molar-refractivity contribution >= 4 is 21.7 Å². The van der Waals surface area contributed by atoms with Gasteiger partial charge in [0.05, 0.1) is 0 Å². The molecule has 2 aliphatic rings. The molecule has 2 saturated heterocycles. The summed E-state index contributed by atoms with van der Waals surface area (Å²) in [4.78, 5) is 9.51. The molecule has 98 valence electrons. The topological polar surface area (TPSA) is 31.4 Å². The normalized spacial score (nSPS) is 25.6. The molecule has 1 aromatic rings. The van der Waals surface area contributed by atoms with Crippen molar-refractivity contribution in [2.75, 3.05) is 44.2 Å². The number of nitrogens with zero attached hydrogens (tertiary/aromatic N) is 3. The van der Waals surface area contributed by atoms with Gasteiger partial charge in [0.1, 0.15) is 5.82 Å². The SMILES string of the molecule is Brc1ccc(N2CCC(N3CCNCC3)C2)nc1. The molecule has 0 aliphatic carbocycles. The minimum atomic E-state index is 0.706. The van der Waals surface area contributed by atoms with Gasteiger partial charge in [-0.2, -0.15) is 0 Å². The van der Waals surface area contributed by atoms with Gasteiger partial charge in [-0.25, -0.2) is 4.98 Å². The van der Waals surface area contributed by atoms with Crippen LogP contribution >= 0.6 is 15.9 Å². The number of rotatable bonds is 2. The highest BCUT2D eigenvalue weighted by Crippen LogP contribution is 2.22. The minimum Gasteiger partial charge on any atom is -0.355 e. The van der Waals surface area contributed by atoms with Gasteiger partial charge in [-0.15, -0.1) is 0 Å². The quantitative estimate of drug-likeness (QED) is 0.893. The van der Waals surface area contributed by atoms with Gasteiger partial charge in [0.15, 0.2) is 0 Å². The second-order valence-corrected chi connectivity index (χ2v) is 5.92. The van der Waals surface area contributed by atoms with E-state index in [1.54, 1.807) is 0 Å². The van der Waals surface area contributed by atoms with Crippen molar-refractivity contribution in [1.29, 1.82) is 0 Å². The fourth-order valence-corrected chi connectivity index (χ4v) is 3.08. The zero-order valence-electron chi connectivity index (χ0n) is 10.5. The molecule has 2 fully saturated rings. The number of anilines is 1. The summed E-state index contributed by atoms with van der Waals surface area (Å²) in [6.45, 7) is 6.89. The fraction of sp³-hybridized carbons (Fsp3) is 0.615. The van der Waals surface area contributed by atoms with Gasteiger partial charge < -0.3 is 10.2 Å². The highest BCUT2D eigenvalue weighted by Gasteiger charge is 2.28. The first-order valence-electron chi connectivity index (χ1n) is 6.64. The number of nitrogens with one attached hydrogen (secondary N) is 1. The lowest BCUT2D eigenvalue weighted by molar-refractivity contribution is 0.185. The summed E-state index contributed by atoms with van der Waals surface area (Å²) in [7, 11) is 0. The van der Waals surface area contributed by atoms with E-state index in [2.05, 4.69) is 48.2 Å². The lowest BCUT2D eigenvalue weighted by Crippen LogP contribution is -2.49. The van der Waals surface area contributed by atoms with Crippen LogP contribution < -0.4 is 10.2 Å². The third-order valence-corrected chi connectivity index (χ3v) is 4.34. The Labute approximate surface area is 116 Å². The average molecular weight is 311 g/mol. The van der Waals surface area contributed by atoms with Crippen molar-refractivity contribution in [2.24, 2.45) is 0 Å². The Morgan fingerprint density at radius 2 is 2.06 bits per heavy atom. The Morgan fingerprint density at radius 3 is 2.78 bits per heavy atom. The predicted octanol–water partition coefficient (Wildman–Crippen LogP) is 1.33. The predicted molar refractivity (Wildman–Crippen MR) is 77.0 cm³/mol. The summed E-state index contributed by atoms with van der Waals surface area (Å²) < 4.78 is 1.05. The first-order valence-corrected chi connectivity index (χ1v) is 7.43.